The number of hydrogen-bond donors (Lipinski definition) is 2. The van der Waals surface area contributed by atoms with Crippen LogP contribution >= 0.6 is 0 Å². The van der Waals surface area contributed by atoms with E-state index in [2.05, 4.69) is 26.3 Å². The van der Waals surface area contributed by atoms with Crippen molar-refractivity contribution in [3.63, 3.8) is 0 Å². The summed E-state index contributed by atoms with van der Waals surface area (Å²) in [5, 5.41) is 14.8. The van der Waals surface area contributed by atoms with Gasteiger partial charge in [-0.2, -0.15) is 5.26 Å². The van der Waals surface area contributed by atoms with Gasteiger partial charge in [0.25, 0.3) is 0 Å². The number of nitrogens with zero attached hydrogens (tertiary/aromatic N) is 4. The Morgan fingerprint density at radius 2 is 1.62 bits per heavy atom. The van der Waals surface area contributed by atoms with Crippen molar-refractivity contribution < 1.29 is 9.47 Å². The van der Waals surface area contributed by atoms with Crippen LogP contribution in [0.4, 0.5) is 17.2 Å². The lowest BCUT2D eigenvalue weighted by Gasteiger charge is -2.13. The normalized spacial score (nSPS) is 10.7. The van der Waals surface area contributed by atoms with E-state index in [0.717, 1.165) is 38.6 Å². The Kier molecular flexibility index (Phi) is 5.28. The molecule has 0 unspecified atom stereocenters. The third-order valence-corrected chi connectivity index (χ3v) is 5.55. The second kappa shape index (κ2) is 8.56. The van der Waals surface area contributed by atoms with Gasteiger partial charge >= 0.3 is 0 Å². The highest BCUT2D eigenvalue weighted by Gasteiger charge is 2.14. The standard InChI is InChI=1S/C26H20N6O2/c1-33-24-9-20-19-8-22(32-26(28)21(19)14-30-23(20)10-25(24)34-2)16-7-18(13-29-12-16)31-17-5-3-15(11-27)4-6-17/h3-10,12-14,31H,1-2H3,(H2,28,32). The fraction of sp³-hybridized carbons (Fsp3) is 0.0769. The number of anilines is 3. The highest BCUT2D eigenvalue weighted by Crippen LogP contribution is 2.37. The van der Waals surface area contributed by atoms with Crippen LogP contribution in [0.1, 0.15) is 5.56 Å². The Morgan fingerprint density at radius 1 is 0.853 bits per heavy atom. The number of methoxy groups -OCH3 is 2. The molecule has 0 aliphatic heterocycles. The lowest BCUT2D eigenvalue weighted by atomic mass is 10.0. The molecular weight excluding hydrogens is 428 g/mol. The van der Waals surface area contributed by atoms with E-state index < -0.39 is 0 Å². The lowest BCUT2D eigenvalue weighted by molar-refractivity contribution is 0.356. The summed E-state index contributed by atoms with van der Waals surface area (Å²) in [7, 11) is 3.19. The lowest BCUT2D eigenvalue weighted by Crippen LogP contribution is -1.98. The number of benzene rings is 2. The molecule has 5 rings (SSSR count). The fourth-order valence-corrected chi connectivity index (χ4v) is 3.85. The minimum Gasteiger partial charge on any atom is -0.493 e. The number of ether oxygens (including phenoxy) is 2. The van der Waals surface area contributed by atoms with Gasteiger partial charge in [0, 0.05) is 40.5 Å². The molecule has 8 heteroatoms. The van der Waals surface area contributed by atoms with Gasteiger partial charge in [-0.15, -0.1) is 0 Å². The molecule has 0 atom stereocenters. The smallest absolute Gasteiger partial charge is 0.162 e. The molecule has 0 bridgehead atoms. The highest BCUT2D eigenvalue weighted by atomic mass is 16.5. The molecule has 8 nitrogen and oxygen atoms in total. The number of hydrogen-bond acceptors (Lipinski definition) is 8. The Bertz CT molecular complexity index is 1580. The van der Waals surface area contributed by atoms with E-state index in [9.17, 15) is 0 Å². The van der Waals surface area contributed by atoms with Crippen LogP contribution in [-0.2, 0) is 0 Å². The Balaban J connectivity index is 1.60. The van der Waals surface area contributed by atoms with Gasteiger partial charge in [-0.25, -0.2) is 4.98 Å². The summed E-state index contributed by atoms with van der Waals surface area (Å²) in [5.74, 6) is 1.59. The average Bonchev–Trinajstić information content (AvgIpc) is 2.88. The summed E-state index contributed by atoms with van der Waals surface area (Å²) in [6, 6.07) is 17.0. The van der Waals surface area contributed by atoms with Gasteiger partial charge in [0.2, 0.25) is 0 Å². The summed E-state index contributed by atoms with van der Waals surface area (Å²) in [4.78, 5) is 13.5. The van der Waals surface area contributed by atoms with Gasteiger partial charge in [0.1, 0.15) is 5.82 Å². The van der Waals surface area contributed by atoms with Crippen molar-refractivity contribution in [2.45, 2.75) is 0 Å². The zero-order chi connectivity index (χ0) is 23.7. The minimum atomic E-state index is 0.377. The van der Waals surface area contributed by atoms with Crippen molar-refractivity contribution in [3.8, 4) is 28.8 Å². The molecule has 0 radical (unpaired) electrons. The number of nitrogen functional groups attached to an aromatic ring is 1. The Hall–Kier alpha value is -4.90. The minimum absolute atomic E-state index is 0.377. The summed E-state index contributed by atoms with van der Waals surface area (Å²) >= 11 is 0. The summed E-state index contributed by atoms with van der Waals surface area (Å²) in [6.07, 6.45) is 5.18. The van der Waals surface area contributed by atoms with Crippen molar-refractivity contribution in [3.05, 3.63) is 72.7 Å². The second-order valence-electron chi connectivity index (χ2n) is 7.61. The predicted molar refractivity (Wildman–Crippen MR) is 132 cm³/mol. The van der Waals surface area contributed by atoms with Crippen molar-refractivity contribution in [1.29, 1.82) is 5.26 Å². The van der Waals surface area contributed by atoms with Gasteiger partial charge in [0.05, 0.1) is 48.9 Å². The van der Waals surface area contributed by atoms with E-state index in [1.54, 1.807) is 44.9 Å². The van der Waals surface area contributed by atoms with E-state index >= 15 is 0 Å². The Labute approximate surface area is 195 Å². The van der Waals surface area contributed by atoms with Crippen LogP contribution in [0.15, 0.2) is 67.1 Å². The monoisotopic (exact) mass is 448 g/mol. The topological polar surface area (TPSA) is 119 Å². The first-order valence-corrected chi connectivity index (χ1v) is 10.4. The number of aromatic nitrogens is 3. The first-order valence-electron chi connectivity index (χ1n) is 10.4. The first-order chi connectivity index (χ1) is 16.6. The number of pyridine rings is 3. The molecule has 34 heavy (non-hydrogen) atoms. The molecule has 0 saturated heterocycles. The molecule has 166 valence electrons. The molecule has 3 aromatic heterocycles. The average molecular weight is 448 g/mol. The number of nitrogens with two attached hydrogens (primary N) is 1. The molecule has 2 aromatic carbocycles. The van der Waals surface area contributed by atoms with Crippen LogP contribution in [0.2, 0.25) is 0 Å². The van der Waals surface area contributed by atoms with Gasteiger partial charge in [-0.3, -0.25) is 9.97 Å². The molecular formula is C26H20N6O2. The highest BCUT2D eigenvalue weighted by molar-refractivity contribution is 6.10. The van der Waals surface area contributed by atoms with Crippen LogP contribution in [-0.4, -0.2) is 29.2 Å². The summed E-state index contributed by atoms with van der Waals surface area (Å²) in [5.41, 5.74) is 10.8. The molecule has 0 fully saturated rings. The molecule has 0 aliphatic carbocycles. The third-order valence-electron chi connectivity index (χ3n) is 5.55. The maximum Gasteiger partial charge on any atom is 0.162 e. The van der Waals surface area contributed by atoms with E-state index in [-0.39, 0.29) is 0 Å². The molecule has 3 heterocycles. The molecule has 3 N–H and O–H groups in total. The van der Waals surface area contributed by atoms with Crippen molar-refractivity contribution >= 4 is 38.9 Å². The van der Waals surface area contributed by atoms with E-state index in [0.29, 0.717) is 28.6 Å². The molecule has 0 aliphatic rings. The second-order valence-corrected chi connectivity index (χ2v) is 7.61. The van der Waals surface area contributed by atoms with Gasteiger partial charge in [-0.1, -0.05) is 0 Å². The van der Waals surface area contributed by atoms with E-state index in [1.165, 1.54) is 0 Å². The van der Waals surface area contributed by atoms with Crippen molar-refractivity contribution in [2.75, 3.05) is 25.3 Å². The van der Waals surface area contributed by atoms with Gasteiger partial charge in [0.15, 0.2) is 11.5 Å². The molecule has 5 aromatic rings. The zero-order valence-electron chi connectivity index (χ0n) is 18.5. The van der Waals surface area contributed by atoms with E-state index in [1.807, 2.05) is 36.4 Å². The Morgan fingerprint density at radius 3 is 2.35 bits per heavy atom. The first kappa shape index (κ1) is 21.0. The summed E-state index contributed by atoms with van der Waals surface area (Å²) < 4.78 is 10.9. The van der Waals surface area contributed by atoms with Crippen molar-refractivity contribution in [1.82, 2.24) is 15.0 Å². The quantitative estimate of drug-likeness (QED) is 0.358. The number of nitriles is 1. The van der Waals surface area contributed by atoms with Crippen molar-refractivity contribution in [2.24, 2.45) is 0 Å². The maximum absolute atomic E-state index is 8.99. The van der Waals surface area contributed by atoms with Crippen LogP contribution in [0.3, 0.4) is 0 Å². The van der Waals surface area contributed by atoms with Gasteiger partial charge < -0.3 is 20.5 Å². The van der Waals surface area contributed by atoms with Crippen LogP contribution in [0.25, 0.3) is 32.9 Å². The third kappa shape index (κ3) is 3.76. The molecule has 0 saturated carbocycles. The van der Waals surface area contributed by atoms with Crippen LogP contribution < -0.4 is 20.5 Å². The number of nitrogens with one attached hydrogen (secondary N) is 1. The predicted octanol–water partition coefficient (Wildman–Crippen LogP) is 5.06. The summed E-state index contributed by atoms with van der Waals surface area (Å²) in [6.45, 7) is 0. The van der Waals surface area contributed by atoms with E-state index in [4.69, 9.17) is 20.5 Å². The molecule has 0 amide bonds. The SMILES string of the molecule is COc1cc2ncc3c(N)nc(-c4cncc(Nc5ccc(C#N)cc5)c4)cc3c2cc1OC. The van der Waals surface area contributed by atoms with Crippen LogP contribution in [0, 0.1) is 11.3 Å². The molecule has 0 spiro atoms. The maximum atomic E-state index is 8.99. The fourth-order valence-electron chi connectivity index (χ4n) is 3.85. The van der Waals surface area contributed by atoms with Crippen LogP contribution in [0.5, 0.6) is 11.5 Å². The van der Waals surface area contributed by atoms with Gasteiger partial charge in [-0.05, 0) is 47.9 Å². The zero-order valence-corrected chi connectivity index (χ0v) is 18.5. The number of rotatable bonds is 5. The largest absolute Gasteiger partial charge is 0.493 e. The number of fused-ring (bicyclic) bond motifs is 3.